The van der Waals surface area contributed by atoms with Gasteiger partial charge in [0, 0.05) is 0 Å². The van der Waals surface area contributed by atoms with E-state index in [1.54, 1.807) is 0 Å². The molecular weight excluding hydrogens is 208 g/mol. The van der Waals surface area contributed by atoms with E-state index >= 15 is 0 Å². The molecule has 1 heterocycles. The van der Waals surface area contributed by atoms with Gasteiger partial charge < -0.3 is 5.73 Å². The van der Waals surface area contributed by atoms with E-state index in [-0.39, 0.29) is 6.17 Å². The molecule has 1 aliphatic rings. The standard InChI is InChI=1S/C15H24N2/c1-2-15(16)17-10-8-14(9-11-17)12-13-6-4-3-5-7-13/h3-7,14-15H,2,8-12,16H2,1H3. The number of benzene rings is 1. The van der Waals surface area contributed by atoms with Gasteiger partial charge in [0.1, 0.15) is 0 Å². The third-order valence-corrected chi connectivity index (χ3v) is 3.90. The Morgan fingerprint density at radius 3 is 2.47 bits per heavy atom. The Labute approximate surface area is 105 Å². The van der Waals surface area contributed by atoms with Crippen molar-refractivity contribution in [3.8, 4) is 0 Å². The fourth-order valence-corrected chi connectivity index (χ4v) is 2.69. The SMILES string of the molecule is CCC(N)N1CCC(Cc2ccccc2)CC1. The molecule has 0 aliphatic carbocycles. The van der Waals surface area contributed by atoms with Crippen LogP contribution < -0.4 is 5.73 Å². The van der Waals surface area contributed by atoms with E-state index in [1.165, 1.54) is 37.9 Å². The third-order valence-electron chi connectivity index (χ3n) is 3.90. The summed E-state index contributed by atoms with van der Waals surface area (Å²) in [6.07, 6.45) is 5.15. The van der Waals surface area contributed by atoms with Crippen molar-refractivity contribution in [3.63, 3.8) is 0 Å². The van der Waals surface area contributed by atoms with Gasteiger partial charge in [0.15, 0.2) is 0 Å². The summed E-state index contributed by atoms with van der Waals surface area (Å²) in [5, 5.41) is 0. The van der Waals surface area contributed by atoms with E-state index in [0.717, 1.165) is 12.3 Å². The first kappa shape index (κ1) is 12.6. The number of hydrogen-bond donors (Lipinski definition) is 1. The lowest BCUT2D eigenvalue weighted by Gasteiger charge is -2.35. The maximum Gasteiger partial charge on any atom is 0.0569 e. The van der Waals surface area contributed by atoms with Gasteiger partial charge in [0.2, 0.25) is 0 Å². The molecule has 1 aromatic rings. The van der Waals surface area contributed by atoms with Crippen LogP contribution in [-0.2, 0) is 6.42 Å². The molecule has 2 heteroatoms. The molecule has 0 radical (unpaired) electrons. The molecule has 0 spiro atoms. The molecule has 1 unspecified atom stereocenters. The second kappa shape index (κ2) is 6.18. The molecule has 0 amide bonds. The average molecular weight is 232 g/mol. The van der Waals surface area contributed by atoms with Crippen molar-refractivity contribution in [1.29, 1.82) is 0 Å². The fraction of sp³-hybridized carbons (Fsp3) is 0.600. The summed E-state index contributed by atoms with van der Waals surface area (Å²) in [6, 6.07) is 10.8. The van der Waals surface area contributed by atoms with E-state index in [1.807, 2.05) is 0 Å². The summed E-state index contributed by atoms with van der Waals surface area (Å²) in [7, 11) is 0. The molecule has 1 fully saturated rings. The Kier molecular flexibility index (Phi) is 4.57. The van der Waals surface area contributed by atoms with Crippen molar-refractivity contribution in [1.82, 2.24) is 4.90 Å². The van der Waals surface area contributed by atoms with Gasteiger partial charge in [-0.2, -0.15) is 0 Å². The molecule has 1 saturated heterocycles. The number of piperidine rings is 1. The Hall–Kier alpha value is -0.860. The van der Waals surface area contributed by atoms with Gasteiger partial charge in [0.05, 0.1) is 6.17 Å². The van der Waals surface area contributed by atoms with Gasteiger partial charge in [-0.15, -0.1) is 0 Å². The summed E-state index contributed by atoms with van der Waals surface area (Å²) in [5.41, 5.74) is 7.55. The van der Waals surface area contributed by atoms with E-state index in [4.69, 9.17) is 5.73 Å². The molecule has 0 bridgehead atoms. The van der Waals surface area contributed by atoms with Crippen LogP contribution in [0.25, 0.3) is 0 Å². The van der Waals surface area contributed by atoms with Crippen LogP contribution >= 0.6 is 0 Å². The zero-order chi connectivity index (χ0) is 12.1. The Balaban J connectivity index is 1.80. The van der Waals surface area contributed by atoms with Crippen LogP contribution in [0.1, 0.15) is 31.7 Å². The van der Waals surface area contributed by atoms with Crippen LogP contribution in [0.5, 0.6) is 0 Å². The predicted molar refractivity (Wildman–Crippen MR) is 72.7 cm³/mol. The molecule has 2 rings (SSSR count). The van der Waals surface area contributed by atoms with Crippen LogP contribution in [0.4, 0.5) is 0 Å². The number of hydrogen-bond acceptors (Lipinski definition) is 2. The van der Waals surface area contributed by atoms with Gasteiger partial charge in [-0.25, -0.2) is 0 Å². The van der Waals surface area contributed by atoms with E-state index in [0.29, 0.717) is 0 Å². The predicted octanol–water partition coefficient (Wildman–Crippen LogP) is 2.64. The Morgan fingerprint density at radius 1 is 1.24 bits per heavy atom. The van der Waals surface area contributed by atoms with Gasteiger partial charge in [0.25, 0.3) is 0 Å². The van der Waals surface area contributed by atoms with Crippen molar-refractivity contribution in [3.05, 3.63) is 35.9 Å². The van der Waals surface area contributed by atoms with Crippen molar-refractivity contribution in [2.45, 2.75) is 38.8 Å². The highest BCUT2D eigenvalue weighted by Gasteiger charge is 2.21. The average Bonchev–Trinajstić information content (AvgIpc) is 2.40. The molecule has 17 heavy (non-hydrogen) atoms. The minimum absolute atomic E-state index is 0.271. The van der Waals surface area contributed by atoms with Crippen LogP contribution in [0.15, 0.2) is 30.3 Å². The molecule has 2 nitrogen and oxygen atoms in total. The summed E-state index contributed by atoms with van der Waals surface area (Å²) in [5.74, 6) is 0.845. The lowest BCUT2D eigenvalue weighted by Crippen LogP contribution is -2.46. The summed E-state index contributed by atoms with van der Waals surface area (Å²) in [6.45, 7) is 4.51. The van der Waals surface area contributed by atoms with E-state index < -0.39 is 0 Å². The largest absolute Gasteiger partial charge is 0.316 e. The minimum Gasteiger partial charge on any atom is -0.316 e. The highest BCUT2D eigenvalue weighted by atomic mass is 15.2. The van der Waals surface area contributed by atoms with Crippen LogP contribution in [0, 0.1) is 5.92 Å². The van der Waals surface area contributed by atoms with Crippen LogP contribution in [0.3, 0.4) is 0 Å². The van der Waals surface area contributed by atoms with Crippen molar-refractivity contribution in [2.75, 3.05) is 13.1 Å². The first-order valence-corrected chi connectivity index (χ1v) is 6.83. The smallest absolute Gasteiger partial charge is 0.0569 e. The fourth-order valence-electron chi connectivity index (χ4n) is 2.69. The number of likely N-dealkylation sites (tertiary alicyclic amines) is 1. The maximum absolute atomic E-state index is 6.07. The second-order valence-corrected chi connectivity index (χ2v) is 5.14. The lowest BCUT2D eigenvalue weighted by atomic mass is 9.90. The highest BCUT2D eigenvalue weighted by Crippen LogP contribution is 2.22. The Morgan fingerprint density at radius 2 is 1.88 bits per heavy atom. The topological polar surface area (TPSA) is 29.3 Å². The van der Waals surface area contributed by atoms with Crippen molar-refractivity contribution < 1.29 is 0 Å². The minimum atomic E-state index is 0.271. The molecule has 2 N–H and O–H groups in total. The lowest BCUT2D eigenvalue weighted by molar-refractivity contribution is 0.131. The van der Waals surface area contributed by atoms with Gasteiger partial charge in [-0.3, -0.25) is 4.90 Å². The summed E-state index contributed by atoms with van der Waals surface area (Å²) in [4.78, 5) is 2.43. The molecule has 1 aromatic carbocycles. The summed E-state index contributed by atoms with van der Waals surface area (Å²) < 4.78 is 0. The quantitative estimate of drug-likeness (QED) is 0.864. The maximum atomic E-state index is 6.07. The van der Waals surface area contributed by atoms with Gasteiger partial charge >= 0.3 is 0 Å². The van der Waals surface area contributed by atoms with Gasteiger partial charge in [-0.05, 0) is 50.3 Å². The van der Waals surface area contributed by atoms with E-state index in [9.17, 15) is 0 Å². The first-order chi connectivity index (χ1) is 8.29. The Bertz CT molecular complexity index is 315. The molecule has 0 saturated carbocycles. The van der Waals surface area contributed by atoms with E-state index in [2.05, 4.69) is 42.2 Å². The molecule has 1 aliphatic heterocycles. The zero-order valence-electron chi connectivity index (χ0n) is 10.8. The van der Waals surface area contributed by atoms with Crippen LogP contribution in [0.2, 0.25) is 0 Å². The number of nitrogens with two attached hydrogens (primary N) is 1. The number of rotatable bonds is 4. The summed E-state index contributed by atoms with van der Waals surface area (Å²) >= 11 is 0. The van der Waals surface area contributed by atoms with Gasteiger partial charge in [-0.1, -0.05) is 37.3 Å². The number of nitrogens with zero attached hydrogens (tertiary/aromatic N) is 1. The third kappa shape index (κ3) is 3.55. The van der Waals surface area contributed by atoms with Crippen LogP contribution in [-0.4, -0.2) is 24.2 Å². The molecular formula is C15H24N2. The normalized spacial score (nSPS) is 20.4. The second-order valence-electron chi connectivity index (χ2n) is 5.14. The molecule has 94 valence electrons. The first-order valence-electron chi connectivity index (χ1n) is 6.83. The zero-order valence-corrected chi connectivity index (χ0v) is 10.8. The molecule has 0 aromatic heterocycles. The monoisotopic (exact) mass is 232 g/mol. The van der Waals surface area contributed by atoms with Crippen molar-refractivity contribution in [2.24, 2.45) is 11.7 Å². The molecule has 1 atom stereocenters. The highest BCUT2D eigenvalue weighted by molar-refractivity contribution is 5.15. The van der Waals surface area contributed by atoms with Crippen molar-refractivity contribution >= 4 is 0 Å².